The Kier molecular flexibility index (Phi) is 10.9. The van der Waals surface area contributed by atoms with Crippen LogP contribution in [0.4, 0.5) is 4.79 Å². The molecular formula is C31H27N3O8+5. The highest BCUT2D eigenvalue weighted by Gasteiger charge is 2.35. The van der Waals surface area contributed by atoms with Crippen molar-refractivity contribution in [2.75, 3.05) is 6.54 Å². The van der Waals surface area contributed by atoms with Gasteiger partial charge in [-0.15, -0.1) is 0 Å². The Hall–Kier alpha value is -6.20. The molecular weight excluding hydrogens is 542 g/mol. The summed E-state index contributed by atoms with van der Waals surface area (Å²) in [7, 11) is 0. The molecule has 0 spiro atoms. The number of hydrogen-bond donors (Lipinski definition) is 5. The van der Waals surface area contributed by atoms with E-state index in [2.05, 4.69) is 87.2 Å². The fourth-order valence-electron chi connectivity index (χ4n) is 3.42. The topological polar surface area (TPSA) is 174 Å². The van der Waals surface area contributed by atoms with Crippen molar-refractivity contribution in [3.8, 4) is 11.8 Å². The van der Waals surface area contributed by atoms with E-state index in [1.54, 1.807) is 0 Å². The van der Waals surface area contributed by atoms with Gasteiger partial charge < -0.3 is 31.3 Å². The molecule has 2 bridgehead atoms. The molecule has 0 aromatic rings. The van der Waals surface area contributed by atoms with Crippen LogP contribution in [0.5, 0.6) is 0 Å². The smallest absolute Gasteiger partial charge is 0.500 e. The molecule has 11 heteroatoms. The fourth-order valence-corrected chi connectivity index (χ4v) is 3.42. The summed E-state index contributed by atoms with van der Waals surface area (Å²) in [6.45, 7) is 25.1. The molecule has 0 fully saturated rings. The molecule has 0 unspecified atom stereocenters. The summed E-state index contributed by atoms with van der Waals surface area (Å²) in [5.74, 6) is 1.53. The average molecular weight is 570 g/mol. The van der Waals surface area contributed by atoms with Gasteiger partial charge in [0.2, 0.25) is 30.4 Å². The number of aliphatic hydroxyl groups excluding tert-OH is 2. The second-order valence-corrected chi connectivity index (χ2v) is 8.34. The zero-order chi connectivity index (χ0) is 31.6. The van der Waals surface area contributed by atoms with Gasteiger partial charge in [0.15, 0.2) is 23.0 Å². The monoisotopic (exact) mass is 569 g/mol. The predicted octanol–water partition coefficient (Wildman–Crippen LogP) is 2.48. The molecule has 11 nitrogen and oxygen atoms in total. The summed E-state index contributed by atoms with van der Waals surface area (Å²) in [5.41, 5.74) is 6.87. The van der Waals surface area contributed by atoms with Crippen LogP contribution in [-0.4, -0.2) is 48.1 Å². The van der Waals surface area contributed by atoms with Crippen LogP contribution in [0.15, 0.2) is 100 Å². The van der Waals surface area contributed by atoms with Crippen LogP contribution in [0.1, 0.15) is 12.8 Å². The molecule has 6 N–H and O–H groups in total. The third-order valence-electron chi connectivity index (χ3n) is 5.33. The summed E-state index contributed by atoms with van der Waals surface area (Å²) < 4.78 is 15.0. The van der Waals surface area contributed by atoms with E-state index in [0.717, 1.165) is 6.42 Å². The Labute approximate surface area is 242 Å². The van der Waals surface area contributed by atoms with E-state index in [1.807, 2.05) is 0 Å². The van der Waals surface area contributed by atoms with E-state index in [0.29, 0.717) is 5.57 Å². The Bertz CT molecular complexity index is 1580. The number of hydrogen-bond acceptors (Lipinski definition) is 7. The third-order valence-corrected chi connectivity index (χ3v) is 5.33. The first-order valence-corrected chi connectivity index (χ1v) is 11.7. The normalized spacial score (nSPS) is 17.0. The number of rotatable bonds is 6. The van der Waals surface area contributed by atoms with Crippen LogP contribution < -0.4 is 16.4 Å². The predicted molar refractivity (Wildman–Crippen MR) is 153 cm³/mol. The molecule has 1 aliphatic carbocycles. The zero-order valence-corrected chi connectivity index (χ0v) is 22.6. The molecule has 0 aromatic carbocycles. The number of carbonyl (C=O) groups is 3. The van der Waals surface area contributed by atoms with Gasteiger partial charge in [-0.3, -0.25) is 9.59 Å². The quantitative estimate of drug-likeness (QED) is 0.0816. The minimum Gasteiger partial charge on any atom is -0.500 e. The SMILES string of the molecule is C=[C+]CNC1=C2CC(=C)CC([O+]=C)=C(O)C([CH2+])=[C]C(=C)C(OC(N)=O)=C([O+]=C)[CH+]C#CC(=C)C(=O)NC(=C=C1O)C2=O. The maximum absolute atomic E-state index is 13.4. The maximum Gasteiger partial charge on any atom is 0.508 e. The lowest BCUT2D eigenvalue weighted by Crippen LogP contribution is -2.32. The number of ether oxygens (including phenoxy) is 1. The van der Waals surface area contributed by atoms with Crippen molar-refractivity contribution in [3.05, 3.63) is 126 Å². The number of ketones is 1. The van der Waals surface area contributed by atoms with Crippen molar-refractivity contribution >= 4 is 31.4 Å². The molecule has 0 saturated heterocycles. The van der Waals surface area contributed by atoms with Gasteiger partial charge in [0.1, 0.15) is 18.7 Å². The molecule has 2 amide bonds. The van der Waals surface area contributed by atoms with E-state index in [4.69, 9.17) is 19.3 Å². The summed E-state index contributed by atoms with van der Waals surface area (Å²) in [5, 5.41) is 26.6. The average Bonchev–Trinajstić information content (AvgIpc) is 2.94. The Morgan fingerprint density at radius 2 is 1.88 bits per heavy atom. The number of fused-ring (bicyclic) bond motifs is 2. The zero-order valence-electron chi connectivity index (χ0n) is 22.6. The number of carbonyl (C=O) groups excluding carboxylic acids is 5. The largest absolute Gasteiger partial charge is 0.508 e. The Morgan fingerprint density at radius 3 is 2.48 bits per heavy atom. The highest BCUT2D eigenvalue weighted by molar-refractivity contribution is 6.13. The highest BCUT2D eigenvalue weighted by Crippen LogP contribution is 2.28. The summed E-state index contributed by atoms with van der Waals surface area (Å²) in [6, 6.07) is 0. The molecule has 1 heterocycles. The van der Waals surface area contributed by atoms with Gasteiger partial charge >= 0.3 is 29.1 Å². The van der Waals surface area contributed by atoms with Crippen LogP contribution in [0, 0.1) is 37.3 Å². The van der Waals surface area contributed by atoms with Crippen molar-refractivity contribution in [2.24, 2.45) is 5.73 Å². The van der Waals surface area contributed by atoms with Crippen LogP contribution in [0.2, 0.25) is 0 Å². The van der Waals surface area contributed by atoms with E-state index in [9.17, 15) is 24.6 Å². The van der Waals surface area contributed by atoms with Gasteiger partial charge in [-0.25, -0.2) is 9.22 Å². The summed E-state index contributed by atoms with van der Waals surface area (Å²) in [6.07, 6.45) is 4.69. The number of Topliss-reactive ketones (excluding diaryl/α,β-unsaturated/α-hetero) is 1. The van der Waals surface area contributed by atoms with Crippen LogP contribution in [-0.2, 0) is 23.2 Å². The van der Waals surface area contributed by atoms with Gasteiger partial charge in [0, 0.05) is 12.5 Å². The molecule has 1 aliphatic heterocycles. The Morgan fingerprint density at radius 1 is 1.19 bits per heavy atom. The van der Waals surface area contributed by atoms with Crippen LogP contribution in [0.25, 0.3) is 0 Å². The molecule has 209 valence electrons. The van der Waals surface area contributed by atoms with Crippen molar-refractivity contribution in [1.29, 1.82) is 0 Å². The molecule has 0 atom stereocenters. The highest BCUT2D eigenvalue weighted by atomic mass is 16.6. The van der Waals surface area contributed by atoms with Crippen LogP contribution in [0.3, 0.4) is 0 Å². The molecule has 2 rings (SSSR count). The lowest BCUT2D eigenvalue weighted by Gasteiger charge is -2.18. The van der Waals surface area contributed by atoms with E-state index in [-0.39, 0.29) is 64.7 Å². The Balaban J connectivity index is 2.77. The van der Waals surface area contributed by atoms with Gasteiger partial charge in [0.05, 0.1) is 17.5 Å². The maximum atomic E-state index is 13.4. The number of amides is 2. The number of allylic oxidation sites excluding steroid dienone is 4. The summed E-state index contributed by atoms with van der Waals surface area (Å²) in [4.78, 5) is 37.7. The number of nitrogens with two attached hydrogens (primary N) is 1. The van der Waals surface area contributed by atoms with Gasteiger partial charge in [-0.2, -0.15) is 4.42 Å². The first-order valence-electron chi connectivity index (χ1n) is 11.7. The minimum atomic E-state index is -1.25. The van der Waals surface area contributed by atoms with Gasteiger partial charge in [-0.05, 0) is 12.2 Å². The first kappa shape index (κ1) is 32.0. The lowest BCUT2D eigenvalue weighted by atomic mass is 9.93. The lowest BCUT2D eigenvalue weighted by molar-refractivity contribution is -0.392. The number of primary amides is 1. The number of aliphatic hydroxyl groups is 2. The van der Waals surface area contributed by atoms with E-state index < -0.39 is 35.0 Å². The number of nitrogens with one attached hydrogen (secondary N) is 2. The van der Waals surface area contributed by atoms with Crippen molar-refractivity contribution in [3.63, 3.8) is 0 Å². The van der Waals surface area contributed by atoms with E-state index >= 15 is 0 Å². The van der Waals surface area contributed by atoms with Crippen molar-refractivity contribution in [2.45, 2.75) is 12.8 Å². The first-order chi connectivity index (χ1) is 19.8. The molecule has 0 saturated carbocycles. The third kappa shape index (κ3) is 7.91. The second-order valence-electron chi connectivity index (χ2n) is 8.34. The van der Waals surface area contributed by atoms with Crippen LogP contribution >= 0.6 is 0 Å². The van der Waals surface area contributed by atoms with Crippen molar-refractivity contribution < 1.29 is 38.2 Å². The standard InChI is InChI=1S/C31H22N3O8/c1-8-12-33-26-21-13-17(2)14-25(41-7)27(36)19(4)15-20(5)29(42-31(32)39)24(40-6)11-9-10-18(3)30(38)34-22(28(21)37)16-23(26)35/h11H,1-7,12-14H2,(H-5,32,33,34,35,36,37,38,39)/p+5. The second kappa shape index (κ2) is 14.3. The van der Waals surface area contributed by atoms with Gasteiger partial charge in [-0.1, -0.05) is 25.3 Å². The van der Waals surface area contributed by atoms with Gasteiger partial charge in [0.25, 0.3) is 19.5 Å². The molecule has 1 radical (unpaired) electrons. The molecule has 42 heavy (non-hydrogen) atoms. The summed E-state index contributed by atoms with van der Waals surface area (Å²) >= 11 is 0. The fraction of sp³-hybridized carbons (Fsp3) is 0.0968. The molecule has 0 aromatic heterocycles. The minimum absolute atomic E-state index is 0.00709. The van der Waals surface area contributed by atoms with E-state index in [1.165, 1.54) is 0 Å². The van der Waals surface area contributed by atoms with Crippen molar-refractivity contribution in [1.82, 2.24) is 10.6 Å². The molecule has 2 aliphatic rings.